The predicted molar refractivity (Wildman–Crippen MR) is 72.2 cm³/mol. The minimum Gasteiger partial charge on any atom is -0.363 e. The second-order valence-corrected chi connectivity index (χ2v) is 4.71. The van der Waals surface area contributed by atoms with Gasteiger partial charge in [-0.1, -0.05) is 13.8 Å². The van der Waals surface area contributed by atoms with Gasteiger partial charge in [-0.05, 0) is 31.8 Å². The lowest BCUT2D eigenvalue weighted by Gasteiger charge is -2.13. The van der Waals surface area contributed by atoms with Crippen molar-refractivity contribution in [2.45, 2.75) is 52.9 Å². The summed E-state index contributed by atoms with van der Waals surface area (Å²) in [4.78, 5) is 18.8. The standard InChI is InChI=1S/C14H24N2O/c1-5-8-12(17)14(11(3)6-2)15-13-9-7-10-16(13)4/h5-10H2,1-4H3/b14-11-,15-13-. The van der Waals surface area contributed by atoms with Gasteiger partial charge in [-0.25, -0.2) is 4.99 Å². The average molecular weight is 236 g/mol. The van der Waals surface area contributed by atoms with Crippen LogP contribution in [-0.4, -0.2) is 30.1 Å². The zero-order chi connectivity index (χ0) is 12.8. The van der Waals surface area contributed by atoms with Crippen LogP contribution in [0.2, 0.25) is 0 Å². The Labute approximate surface area is 105 Å². The molecule has 0 atom stereocenters. The number of hydrogen-bond donors (Lipinski definition) is 0. The van der Waals surface area contributed by atoms with Crippen molar-refractivity contribution in [1.82, 2.24) is 4.90 Å². The Balaban J connectivity index is 2.96. The second-order valence-electron chi connectivity index (χ2n) is 4.71. The fraction of sp³-hybridized carbons (Fsp3) is 0.714. The van der Waals surface area contributed by atoms with Crippen molar-refractivity contribution in [3.05, 3.63) is 11.3 Å². The molecular formula is C14H24N2O. The number of Topliss-reactive ketones (excluding diaryl/α,β-unsaturated/α-hetero) is 1. The van der Waals surface area contributed by atoms with Gasteiger partial charge in [0.05, 0.1) is 0 Å². The quantitative estimate of drug-likeness (QED) is 0.687. The molecule has 0 amide bonds. The number of carbonyl (C=O) groups is 1. The highest BCUT2D eigenvalue weighted by Gasteiger charge is 2.17. The van der Waals surface area contributed by atoms with Gasteiger partial charge < -0.3 is 4.90 Å². The van der Waals surface area contributed by atoms with E-state index in [-0.39, 0.29) is 5.78 Å². The molecule has 3 heteroatoms. The Bertz CT molecular complexity index is 342. The molecule has 1 aliphatic rings. The van der Waals surface area contributed by atoms with Crippen molar-refractivity contribution in [3.8, 4) is 0 Å². The fourth-order valence-corrected chi connectivity index (χ4v) is 1.97. The van der Waals surface area contributed by atoms with Crippen molar-refractivity contribution in [3.63, 3.8) is 0 Å². The Hall–Kier alpha value is -1.12. The van der Waals surface area contributed by atoms with Gasteiger partial charge in [-0.3, -0.25) is 4.79 Å². The van der Waals surface area contributed by atoms with Crippen molar-refractivity contribution in [1.29, 1.82) is 0 Å². The number of ketones is 1. The van der Waals surface area contributed by atoms with E-state index < -0.39 is 0 Å². The first-order valence-electron chi connectivity index (χ1n) is 6.61. The number of amidine groups is 1. The minimum absolute atomic E-state index is 0.194. The molecule has 0 bridgehead atoms. The number of aliphatic imine (C=N–C) groups is 1. The van der Waals surface area contributed by atoms with Crippen molar-refractivity contribution < 1.29 is 4.79 Å². The van der Waals surface area contributed by atoms with E-state index in [1.807, 2.05) is 13.8 Å². The van der Waals surface area contributed by atoms with Crippen LogP contribution in [-0.2, 0) is 4.79 Å². The van der Waals surface area contributed by atoms with Crippen LogP contribution in [0, 0.1) is 0 Å². The highest BCUT2D eigenvalue weighted by atomic mass is 16.1. The Kier molecular flexibility index (Phi) is 5.39. The lowest BCUT2D eigenvalue weighted by molar-refractivity contribution is -0.115. The summed E-state index contributed by atoms with van der Waals surface area (Å²) in [5.74, 6) is 1.26. The first kappa shape index (κ1) is 13.9. The second kappa shape index (κ2) is 6.58. The summed E-state index contributed by atoms with van der Waals surface area (Å²) in [5, 5.41) is 0. The summed E-state index contributed by atoms with van der Waals surface area (Å²) in [6, 6.07) is 0. The van der Waals surface area contributed by atoms with E-state index in [1.54, 1.807) is 0 Å². The predicted octanol–water partition coefficient (Wildman–Crippen LogP) is 3.16. The average Bonchev–Trinajstić information content (AvgIpc) is 2.71. The summed E-state index contributed by atoms with van der Waals surface area (Å²) in [6.07, 6.45) is 4.53. The van der Waals surface area contributed by atoms with Gasteiger partial charge >= 0.3 is 0 Å². The molecule has 1 saturated heterocycles. The molecule has 0 spiro atoms. The zero-order valence-corrected chi connectivity index (χ0v) is 11.5. The molecule has 0 radical (unpaired) electrons. The van der Waals surface area contributed by atoms with Crippen molar-refractivity contribution in [2.24, 2.45) is 4.99 Å². The van der Waals surface area contributed by atoms with E-state index in [0.29, 0.717) is 12.1 Å². The molecule has 0 unspecified atom stereocenters. The van der Waals surface area contributed by atoms with Crippen LogP contribution < -0.4 is 0 Å². The van der Waals surface area contributed by atoms with E-state index in [0.717, 1.165) is 43.6 Å². The molecule has 0 aromatic rings. The van der Waals surface area contributed by atoms with Gasteiger partial charge in [0.25, 0.3) is 0 Å². The largest absolute Gasteiger partial charge is 0.363 e. The molecule has 1 rings (SSSR count). The number of allylic oxidation sites excluding steroid dienone is 2. The van der Waals surface area contributed by atoms with Crippen LogP contribution in [0.4, 0.5) is 0 Å². The maximum absolute atomic E-state index is 12.1. The lowest BCUT2D eigenvalue weighted by atomic mass is 10.1. The minimum atomic E-state index is 0.194. The molecule has 0 aromatic heterocycles. The number of likely N-dealkylation sites (tertiary alicyclic amines) is 1. The molecule has 3 nitrogen and oxygen atoms in total. The van der Waals surface area contributed by atoms with E-state index in [1.165, 1.54) is 0 Å². The molecule has 0 saturated carbocycles. The highest BCUT2D eigenvalue weighted by Crippen LogP contribution is 2.17. The smallest absolute Gasteiger partial charge is 0.181 e. The molecular weight excluding hydrogens is 212 g/mol. The van der Waals surface area contributed by atoms with Gasteiger partial charge in [-0.2, -0.15) is 0 Å². The van der Waals surface area contributed by atoms with E-state index in [2.05, 4.69) is 23.9 Å². The molecule has 0 aliphatic carbocycles. The van der Waals surface area contributed by atoms with Gasteiger partial charge in [0.1, 0.15) is 11.5 Å². The maximum Gasteiger partial charge on any atom is 0.181 e. The van der Waals surface area contributed by atoms with Gasteiger partial charge in [-0.15, -0.1) is 0 Å². The molecule has 96 valence electrons. The molecule has 1 fully saturated rings. The van der Waals surface area contributed by atoms with Gasteiger partial charge in [0, 0.05) is 26.4 Å². The summed E-state index contributed by atoms with van der Waals surface area (Å²) >= 11 is 0. The number of hydrogen-bond acceptors (Lipinski definition) is 2. The molecule has 1 aliphatic heterocycles. The van der Waals surface area contributed by atoms with Gasteiger partial charge in [0.2, 0.25) is 0 Å². The first-order valence-corrected chi connectivity index (χ1v) is 6.61. The first-order chi connectivity index (χ1) is 8.10. The van der Waals surface area contributed by atoms with Crippen molar-refractivity contribution in [2.75, 3.05) is 13.6 Å². The van der Waals surface area contributed by atoms with Gasteiger partial charge in [0.15, 0.2) is 5.78 Å². The highest BCUT2D eigenvalue weighted by molar-refractivity contribution is 5.99. The summed E-state index contributed by atoms with van der Waals surface area (Å²) in [7, 11) is 2.05. The normalized spacial score (nSPS) is 19.8. The Morgan fingerprint density at radius 2 is 2.12 bits per heavy atom. The third-order valence-corrected chi connectivity index (χ3v) is 3.25. The van der Waals surface area contributed by atoms with E-state index >= 15 is 0 Å². The van der Waals surface area contributed by atoms with Crippen LogP contribution in [0.25, 0.3) is 0 Å². The van der Waals surface area contributed by atoms with Crippen LogP contribution in [0.15, 0.2) is 16.3 Å². The van der Waals surface area contributed by atoms with Crippen LogP contribution in [0.5, 0.6) is 0 Å². The van der Waals surface area contributed by atoms with Crippen LogP contribution in [0.1, 0.15) is 52.9 Å². The lowest BCUT2D eigenvalue weighted by Crippen LogP contribution is -2.20. The zero-order valence-electron chi connectivity index (χ0n) is 11.5. The fourth-order valence-electron chi connectivity index (χ4n) is 1.97. The summed E-state index contributed by atoms with van der Waals surface area (Å²) in [6.45, 7) is 7.18. The third kappa shape index (κ3) is 3.69. The summed E-state index contributed by atoms with van der Waals surface area (Å²) < 4.78 is 0. The van der Waals surface area contributed by atoms with Crippen LogP contribution in [0.3, 0.4) is 0 Å². The number of carbonyl (C=O) groups excluding carboxylic acids is 1. The monoisotopic (exact) mass is 236 g/mol. The van der Waals surface area contributed by atoms with E-state index in [4.69, 9.17) is 0 Å². The number of rotatable bonds is 5. The van der Waals surface area contributed by atoms with Crippen molar-refractivity contribution >= 4 is 11.6 Å². The van der Waals surface area contributed by atoms with E-state index in [9.17, 15) is 4.79 Å². The van der Waals surface area contributed by atoms with Crippen LogP contribution >= 0.6 is 0 Å². The molecule has 0 aromatic carbocycles. The third-order valence-electron chi connectivity index (χ3n) is 3.25. The molecule has 1 heterocycles. The molecule has 17 heavy (non-hydrogen) atoms. The Morgan fingerprint density at radius 3 is 2.59 bits per heavy atom. The summed E-state index contributed by atoms with van der Waals surface area (Å²) in [5.41, 5.74) is 1.81. The maximum atomic E-state index is 12.1. The topological polar surface area (TPSA) is 32.7 Å². The number of nitrogens with zero attached hydrogens (tertiary/aromatic N) is 2. The molecule has 0 N–H and O–H groups in total. The SMILES string of the molecule is CCCC(=O)C(/N=C1/CCCN1C)=C(\C)CC. The Morgan fingerprint density at radius 1 is 1.41 bits per heavy atom.